The van der Waals surface area contributed by atoms with Crippen LogP contribution in [0.3, 0.4) is 0 Å². The third kappa shape index (κ3) is 4.41. The van der Waals surface area contributed by atoms with Gasteiger partial charge in [0.1, 0.15) is 5.75 Å². The number of allylic oxidation sites excluding steroid dienone is 2. The number of ether oxygens (including phenoxy) is 1. The van der Waals surface area contributed by atoms with Crippen LogP contribution in [0.5, 0.6) is 5.75 Å². The third-order valence-electron chi connectivity index (χ3n) is 5.01. The molecule has 0 bridgehead atoms. The van der Waals surface area contributed by atoms with Crippen LogP contribution in [0.1, 0.15) is 24.8 Å². The summed E-state index contributed by atoms with van der Waals surface area (Å²) in [5, 5.41) is 0. The Bertz CT molecular complexity index is 648. The fourth-order valence-corrected chi connectivity index (χ4v) is 3.40. The predicted molar refractivity (Wildman–Crippen MR) is 96.3 cm³/mol. The lowest BCUT2D eigenvalue weighted by Gasteiger charge is -2.36. The Morgan fingerprint density at radius 1 is 1.08 bits per heavy atom. The average Bonchev–Trinajstić information content (AvgIpc) is 2.67. The third-order valence-corrected chi connectivity index (χ3v) is 5.01. The molecule has 5 heteroatoms. The number of carbonyl (C=O) groups excluding carboxylic acids is 2. The lowest BCUT2D eigenvalue weighted by atomic mass is 9.93. The van der Waals surface area contributed by atoms with Gasteiger partial charge in [-0.1, -0.05) is 30.4 Å². The van der Waals surface area contributed by atoms with Gasteiger partial charge in [0.25, 0.3) is 5.91 Å². The summed E-state index contributed by atoms with van der Waals surface area (Å²) in [6.45, 7) is 4.43. The molecule has 1 aromatic carbocycles. The molecular weight excluding hydrogens is 316 g/mol. The van der Waals surface area contributed by atoms with Gasteiger partial charge in [0.15, 0.2) is 6.61 Å². The minimum absolute atomic E-state index is 0.0176. The molecule has 1 heterocycles. The van der Waals surface area contributed by atoms with Crippen molar-refractivity contribution < 1.29 is 14.3 Å². The molecule has 5 nitrogen and oxygen atoms in total. The first-order chi connectivity index (χ1) is 12.1. The van der Waals surface area contributed by atoms with Gasteiger partial charge in [0.2, 0.25) is 5.91 Å². The monoisotopic (exact) mass is 342 g/mol. The van der Waals surface area contributed by atoms with Crippen molar-refractivity contribution in [3.8, 4) is 5.75 Å². The van der Waals surface area contributed by atoms with Gasteiger partial charge in [-0.2, -0.15) is 0 Å². The maximum absolute atomic E-state index is 12.5. The molecule has 1 aromatic rings. The number of carbonyl (C=O) groups is 2. The Morgan fingerprint density at radius 2 is 1.80 bits per heavy atom. The number of aryl methyl sites for hydroxylation is 1. The highest BCUT2D eigenvalue weighted by atomic mass is 16.5. The molecule has 1 aliphatic heterocycles. The molecule has 0 radical (unpaired) electrons. The molecule has 0 N–H and O–H groups in total. The van der Waals surface area contributed by atoms with E-state index in [0.29, 0.717) is 26.2 Å². The minimum Gasteiger partial charge on any atom is -0.484 e. The van der Waals surface area contributed by atoms with Gasteiger partial charge in [0.05, 0.1) is 0 Å². The summed E-state index contributed by atoms with van der Waals surface area (Å²) >= 11 is 0. The first-order valence-corrected chi connectivity index (χ1v) is 9.05. The van der Waals surface area contributed by atoms with Crippen molar-refractivity contribution in [2.75, 3.05) is 32.8 Å². The number of rotatable bonds is 4. The van der Waals surface area contributed by atoms with Crippen LogP contribution >= 0.6 is 0 Å². The van der Waals surface area contributed by atoms with Gasteiger partial charge in [-0.25, -0.2) is 0 Å². The van der Waals surface area contributed by atoms with Gasteiger partial charge >= 0.3 is 0 Å². The zero-order valence-corrected chi connectivity index (χ0v) is 14.8. The summed E-state index contributed by atoms with van der Waals surface area (Å²) in [4.78, 5) is 28.6. The molecule has 2 amide bonds. The summed E-state index contributed by atoms with van der Waals surface area (Å²) in [5.41, 5.74) is 1.02. The van der Waals surface area contributed by atoms with Gasteiger partial charge in [-0.15, -0.1) is 0 Å². The second-order valence-corrected chi connectivity index (χ2v) is 6.74. The smallest absolute Gasteiger partial charge is 0.260 e. The molecule has 134 valence electrons. The van der Waals surface area contributed by atoms with Crippen molar-refractivity contribution in [2.45, 2.75) is 26.2 Å². The van der Waals surface area contributed by atoms with E-state index < -0.39 is 0 Å². The van der Waals surface area contributed by atoms with E-state index in [2.05, 4.69) is 12.2 Å². The van der Waals surface area contributed by atoms with E-state index in [1.165, 1.54) is 0 Å². The zero-order valence-electron chi connectivity index (χ0n) is 14.8. The summed E-state index contributed by atoms with van der Waals surface area (Å²) in [5.74, 6) is 1.09. The SMILES string of the molecule is Cc1ccccc1OCC(=O)N1CCN(C(=O)[C@@H]2CC=CCC2)CC1. The Kier molecular flexibility index (Phi) is 5.74. The van der Waals surface area contributed by atoms with Crippen LogP contribution in [0.25, 0.3) is 0 Å². The van der Waals surface area contributed by atoms with E-state index in [9.17, 15) is 9.59 Å². The highest BCUT2D eigenvalue weighted by Gasteiger charge is 2.28. The number of nitrogens with zero attached hydrogens (tertiary/aromatic N) is 2. The molecule has 1 saturated heterocycles. The molecule has 25 heavy (non-hydrogen) atoms. The summed E-state index contributed by atoms with van der Waals surface area (Å²) in [7, 11) is 0. The number of amides is 2. The molecule has 2 aliphatic rings. The van der Waals surface area contributed by atoms with Crippen LogP contribution in [-0.4, -0.2) is 54.4 Å². The molecule has 1 aliphatic carbocycles. The van der Waals surface area contributed by atoms with E-state index in [4.69, 9.17) is 4.74 Å². The lowest BCUT2D eigenvalue weighted by molar-refractivity contribution is -0.143. The normalized spacial score (nSPS) is 20.4. The Morgan fingerprint density at radius 3 is 2.48 bits per heavy atom. The maximum atomic E-state index is 12.5. The van der Waals surface area contributed by atoms with Gasteiger partial charge < -0.3 is 14.5 Å². The first kappa shape index (κ1) is 17.5. The van der Waals surface area contributed by atoms with Crippen molar-refractivity contribution in [3.63, 3.8) is 0 Å². The molecule has 1 fully saturated rings. The molecule has 0 saturated carbocycles. The second kappa shape index (κ2) is 8.19. The topological polar surface area (TPSA) is 49.9 Å². The average molecular weight is 342 g/mol. The van der Waals surface area contributed by atoms with Gasteiger partial charge in [-0.05, 0) is 37.8 Å². The number of hydrogen-bond acceptors (Lipinski definition) is 3. The number of piperazine rings is 1. The highest BCUT2D eigenvalue weighted by molar-refractivity contribution is 5.81. The van der Waals surface area contributed by atoms with E-state index in [1.807, 2.05) is 36.1 Å². The zero-order chi connectivity index (χ0) is 17.6. The van der Waals surface area contributed by atoms with Crippen molar-refractivity contribution in [1.29, 1.82) is 0 Å². The van der Waals surface area contributed by atoms with E-state index >= 15 is 0 Å². The van der Waals surface area contributed by atoms with Crippen molar-refractivity contribution in [3.05, 3.63) is 42.0 Å². The largest absolute Gasteiger partial charge is 0.484 e. The van der Waals surface area contributed by atoms with Crippen molar-refractivity contribution in [2.24, 2.45) is 5.92 Å². The molecule has 0 spiro atoms. The molecule has 0 unspecified atom stereocenters. The van der Waals surface area contributed by atoms with Gasteiger partial charge in [-0.3, -0.25) is 9.59 Å². The Labute approximate surface area is 149 Å². The second-order valence-electron chi connectivity index (χ2n) is 6.74. The highest BCUT2D eigenvalue weighted by Crippen LogP contribution is 2.21. The Balaban J connectivity index is 1.45. The standard InChI is InChI=1S/C20H26N2O3/c1-16-7-5-6-10-18(16)25-15-19(23)21-11-13-22(14-12-21)20(24)17-8-3-2-4-9-17/h2-3,5-7,10,17H,4,8-9,11-15H2,1H3/t17-/m1/s1. The Hall–Kier alpha value is -2.30. The molecule has 3 rings (SSSR count). The minimum atomic E-state index is -0.0176. The number of benzene rings is 1. The van der Waals surface area contributed by atoms with Crippen molar-refractivity contribution in [1.82, 2.24) is 9.80 Å². The maximum Gasteiger partial charge on any atom is 0.260 e. The lowest BCUT2D eigenvalue weighted by Crippen LogP contribution is -2.52. The van der Waals surface area contributed by atoms with Crippen LogP contribution in [0.4, 0.5) is 0 Å². The van der Waals surface area contributed by atoms with Crippen LogP contribution < -0.4 is 4.74 Å². The fourth-order valence-electron chi connectivity index (χ4n) is 3.40. The summed E-state index contributed by atoms with van der Waals surface area (Å²) in [6, 6.07) is 7.68. The fraction of sp³-hybridized carbons (Fsp3) is 0.500. The molecule has 1 atom stereocenters. The van der Waals surface area contributed by atoms with E-state index in [0.717, 1.165) is 30.6 Å². The number of para-hydroxylation sites is 1. The summed E-state index contributed by atoms with van der Waals surface area (Å²) < 4.78 is 5.64. The van der Waals surface area contributed by atoms with Crippen LogP contribution in [0.2, 0.25) is 0 Å². The quantitative estimate of drug-likeness (QED) is 0.790. The molecule has 0 aromatic heterocycles. The predicted octanol–water partition coefficient (Wildman–Crippen LogP) is 2.40. The first-order valence-electron chi connectivity index (χ1n) is 9.05. The van der Waals surface area contributed by atoms with E-state index in [-0.39, 0.29) is 24.3 Å². The van der Waals surface area contributed by atoms with Crippen LogP contribution in [-0.2, 0) is 9.59 Å². The van der Waals surface area contributed by atoms with Crippen molar-refractivity contribution >= 4 is 11.8 Å². The summed E-state index contributed by atoms with van der Waals surface area (Å²) in [6.07, 6.45) is 7.04. The molecular formula is C20H26N2O3. The van der Waals surface area contributed by atoms with E-state index in [1.54, 1.807) is 4.90 Å². The van der Waals surface area contributed by atoms with Gasteiger partial charge in [0, 0.05) is 32.1 Å². The number of hydrogen-bond donors (Lipinski definition) is 0. The van der Waals surface area contributed by atoms with Crippen LogP contribution in [0.15, 0.2) is 36.4 Å². The van der Waals surface area contributed by atoms with Crippen LogP contribution in [0, 0.1) is 12.8 Å².